The summed E-state index contributed by atoms with van der Waals surface area (Å²) in [5.41, 5.74) is 1.96. The molecule has 0 aliphatic heterocycles. The van der Waals surface area contributed by atoms with Gasteiger partial charge in [-0.3, -0.25) is 14.6 Å². The molecule has 0 aromatic carbocycles. The highest BCUT2D eigenvalue weighted by molar-refractivity contribution is 7.12. The summed E-state index contributed by atoms with van der Waals surface area (Å²) in [7, 11) is 0. The van der Waals surface area contributed by atoms with Crippen LogP contribution in [0.2, 0.25) is 0 Å². The van der Waals surface area contributed by atoms with Crippen molar-refractivity contribution in [2.24, 2.45) is 0 Å². The maximum atomic E-state index is 12.2. The first-order valence-corrected chi connectivity index (χ1v) is 6.92. The smallest absolute Gasteiger partial charge is 0.180 e. The Morgan fingerprint density at radius 3 is 2.90 bits per heavy atom. The molecule has 3 heterocycles. The zero-order valence-corrected chi connectivity index (χ0v) is 11.6. The number of thiophene rings is 1. The lowest BCUT2D eigenvalue weighted by molar-refractivity contribution is 0.0897. The maximum Gasteiger partial charge on any atom is 0.180 e. The summed E-state index contributed by atoms with van der Waals surface area (Å²) < 4.78 is 1.57. The van der Waals surface area contributed by atoms with Crippen molar-refractivity contribution in [3.63, 3.8) is 0 Å². The normalized spacial score (nSPS) is 10.8. The number of ketones is 2. The third kappa shape index (κ3) is 2.14. The fourth-order valence-corrected chi connectivity index (χ4v) is 2.89. The van der Waals surface area contributed by atoms with Gasteiger partial charge in [0.1, 0.15) is 0 Å². The zero-order valence-electron chi connectivity index (χ0n) is 10.7. The minimum atomic E-state index is -0.231. The van der Waals surface area contributed by atoms with Crippen molar-refractivity contribution in [1.29, 1.82) is 0 Å². The lowest BCUT2D eigenvalue weighted by atomic mass is 10.1. The summed E-state index contributed by atoms with van der Waals surface area (Å²) in [6.45, 7) is 1.87. The van der Waals surface area contributed by atoms with Gasteiger partial charge in [0.05, 0.1) is 34.8 Å². The van der Waals surface area contributed by atoms with Gasteiger partial charge in [-0.05, 0) is 23.9 Å². The van der Waals surface area contributed by atoms with E-state index >= 15 is 0 Å². The molecule has 100 valence electrons. The van der Waals surface area contributed by atoms with Gasteiger partial charge >= 0.3 is 0 Å². The van der Waals surface area contributed by atoms with Gasteiger partial charge in [0.25, 0.3) is 0 Å². The molecule has 0 amide bonds. The number of Topliss-reactive ketones (excluding diaryl/α,β-unsaturated/α-hetero) is 2. The van der Waals surface area contributed by atoms with Gasteiger partial charge in [-0.25, -0.2) is 4.52 Å². The lowest BCUT2D eigenvalue weighted by Crippen LogP contribution is -2.08. The van der Waals surface area contributed by atoms with E-state index in [2.05, 4.69) is 10.1 Å². The van der Waals surface area contributed by atoms with Crippen LogP contribution in [0, 0.1) is 6.92 Å². The van der Waals surface area contributed by atoms with Gasteiger partial charge < -0.3 is 0 Å². The van der Waals surface area contributed by atoms with Gasteiger partial charge in [-0.15, -0.1) is 11.3 Å². The Labute approximate surface area is 118 Å². The SMILES string of the molecule is Cc1ccsc1C(=O)CC(=O)c1cnn2ccncc12. The van der Waals surface area contributed by atoms with Crippen molar-refractivity contribution in [2.45, 2.75) is 13.3 Å². The second kappa shape index (κ2) is 4.97. The van der Waals surface area contributed by atoms with Crippen LogP contribution in [0.3, 0.4) is 0 Å². The molecule has 5 nitrogen and oxygen atoms in total. The largest absolute Gasteiger partial charge is 0.294 e. The molecule has 0 unspecified atom stereocenters. The Morgan fingerprint density at radius 1 is 1.30 bits per heavy atom. The van der Waals surface area contributed by atoms with Crippen LogP contribution in [0.5, 0.6) is 0 Å². The highest BCUT2D eigenvalue weighted by Crippen LogP contribution is 2.19. The number of hydrogen-bond acceptors (Lipinski definition) is 5. The molecule has 0 spiro atoms. The highest BCUT2D eigenvalue weighted by Gasteiger charge is 2.19. The van der Waals surface area contributed by atoms with E-state index in [1.54, 1.807) is 23.1 Å². The van der Waals surface area contributed by atoms with E-state index in [1.165, 1.54) is 17.5 Å². The van der Waals surface area contributed by atoms with Gasteiger partial charge in [0.15, 0.2) is 11.6 Å². The second-order valence-electron chi connectivity index (χ2n) is 4.42. The minimum absolute atomic E-state index is 0.141. The van der Waals surface area contributed by atoms with Crippen molar-refractivity contribution in [3.05, 3.63) is 52.2 Å². The Hall–Kier alpha value is -2.34. The standard InChI is InChI=1S/C14H11N3O2S/c1-9-2-5-20-14(9)13(19)6-12(18)10-7-16-17-4-3-15-8-11(10)17/h2-5,7-8H,6H2,1H3. The van der Waals surface area contributed by atoms with Crippen LogP contribution in [0.4, 0.5) is 0 Å². The number of aryl methyl sites for hydroxylation is 1. The van der Waals surface area contributed by atoms with Crippen molar-refractivity contribution in [2.75, 3.05) is 0 Å². The summed E-state index contributed by atoms with van der Waals surface area (Å²) >= 11 is 1.37. The molecule has 3 rings (SSSR count). The molecular formula is C14H11N3O2S. The van der Waals surface area contributed by atoms with Crippen LogP contribution >= 0.6 is 11.3 Å². The average molecular weight is 285 g/mol. The molecule has 20 heavy (non-hydrogen) atoms. The van der Waals surface area contributed by atoms with E-state index in [4.69, 9.17) is 0 Å². The zero-order chi connectivity index (χ0) is 14.1. The van der Waals surface area contributed by atoms with Gasteiger partial charge in [0, 0.05) is 12.4 Å². The molecule has 0 N–H and O–H groups in total. The molecule has 6 heteroatoms. The topological polar surface area (TPSA) is 64.3 Å². The van der Waals surface area contributed by atoms with Crippen molar-refractivity contribution in [1.82, 2.24) is 14.6 Å². The first-order valence-electron chi connectivity index (χ1n) is 6.04. The molecule has 0 aliphatic rings. The summed E-state index contributed by atoms with van der Waals surface area (Å²) in [5, 5.41) is 5.93. The summed E-state index contributed by atoms with van der Waals surface area (Å²) in [5.74, 6) is -0.378. The van der Waals surface area contributed by atoms with Gasteiger partial charge in [-0.1, -0.05) is 0 Å². The molecule has 0 atom stereocenters. The van der Waals surface area contributed by atoms with Crippen molar-refractivity contribution >= 4 is 28.4 Å². The van der Waals surface area contributed by atoms with Crippen LogP contribution in [0.25, 0.3) is 5.52 Å². The van der Waals surface area contributed by atoms with Gasteiger partial charge in [0.2, 0.25) is 0 Å². The molecule has 3 aromatic rings. The quantitative estimate of drug-likeness (QED) is 0.546. The Kier molecular flexibility index (Phi) is 3.15. The number of nitrogens with zero attached hydrogens (tertiary/aromatic N) is 3. The lowest BCUT2D eigenvalue weighted by Gasteiger charge is -1.99. The summed E-state index contributed by atoms with van der Waals surface area (Å²) in [6, 6.07) is 1.88. The maximum absolute atomic E-state index is 12.2. The van der Waals surface area contributed by atoms with Crippen LogP contribution in [0.1, 0.15) is 32.0 Å². The molecule has 3 aromatic heterocycles. The molecule has 0 radical (unpaired) electrons. The third-order valence-corrected chi connectivity index (χ3v) is 4.12. The first-order chi connectivity index (χ1) is 9.66. The number of aromatic nitrogens is 3. The van der Waals surface area contributed by atoms with Gasteiger partial charge in [-0.2, -0.15) is 5.10 Å². The molecule has 0 saturated heterocycles. The first kappa shape index (κ1) is 12.7. The number of carbonyl (C=O) groups is 2. The molecule has 0 bridgehead atoms. The molecule has 0 saturated carbocycles. The third-order valence-electron chi connectivity index (χ3n) is 3.06. The monoisotopic (exact) mass is 285 g/mol. The number of hydrogen-bond donors (Lipinski definition) is 0. The number of carbonyl (C=O) groups excluding carboxylic acids is 2. The Morgan fingerprint density at radius 2 is 2.15 bits per heavy atom. The highest BCUT2D eigenvalue weighted by atomic mass is 32.1. The average Bonchev–Trinajstić information content (AvgIpc) is 3.04. The Bertz CT molecular complexity index is 803. The second-order valence-corrected chi connectivity index (χ2v) is 5.34. The minimum Gasteiger partial charge on any atom is -0.294 e. The van der Waals surface area contributed by atoms with Crippen LogP contribution in [-0.2, 0) is 0 Å². The van der Waals surface area contributed by atoms with E-state index in [9.17, 15) is 9.59 Å². The fourth-order valence-electron chi connectivity index (χ4n) is 2.03. The molecule has 0 aliphatic carbocycles. The predicted octanol–water partition coefficient (Wildman–Crippen LogP) is 2.55. The van der Waals surface area contributed by atoms with Crippen LogP contribution in [-0.4, -0.2) is 26.2 Å². The van der Waals surface area contributed by atoms with E-state index in [1.807, 2.05) is 18.4 Å². The van der Waals surface area contributed by atoms with Crippen LogP contribution in [0.15, 0.2) is 36.2 Å². The van der Waals surface area contributed by atoms with Crippen LogP contribution < -0.4 is 0 Å². The van der Waals surface area contributed by atoms with E-state index in [-0.39, 0.29) is 18.0 Å². The molecular weight excluding hydrogens is 274 g/mol. The number of fused-ring (bicyclic) bond motifs is 1. The van der Waals surface area contributed by atoms with E-state index < -0.39 is 0 Å². The summed E-state index contributed by atoms with van der Waals surface area (Å²) in [6.07, 6.45) is 6.17. The van der Waals surface area contributed by atoms with E-state index in [0.717, 1.165) is 5.56 Å². The molecule has 0 fully saturated rings. The fraction of sp³-hybridized carbons (Fsp3) is 0.143. The van der Waals surface area contributed by atoms with Crippen molar-refractivity contribution < 1.29 is 9.59 Å². The van der Waals surface area contributed by atoms with E-state index in [0.29, 0.717) is 16.0 Å². The number of rotatable bonds is 4. The predicted molar refractivity (Wildman–Crippen MR) is 75.3 cm³/mol. The van der Waals surface area contributed by atoms with Crippen molar-refractivity contribution in [3.8, 4) is 0 Å². The summed E-state index contributed by atoms with van der Waals surface area (Å²) in [4.78, 5) is 29.0. The Balaban J connectivity index is 1.87.